The molecule has 0 radical (unpaired) electrons. The van der Waals surface area contributed by atoms with Crippen molar-refractivity contribution in [3.63, 3.8) is 0 Å². The van der Waals surface area contributed by atoms with Crippen LogP contribution in [0.15, 0.2) is 28.5 Å². The highest BCUT2D eigenvalue weighted by Crippen LogP contribution is 2.24. The number of Topliss-reactive ketones (excluding diaryl/α,β-unsaturated/α-hetero) is 1. The number of methoxy groups -OCH3 is 1. The summed E-state index contributed by atoms with van der Waals surface area (Å²) in [5, 5.41) is 6.83. The van der Waals surface area contributed by atoms with Crippen LogP contribution in [0.3, 0.4) is 0 Å². The summed E-state index contributed by atoms with van der Waals surface area (Å²) in [5.41, 5.74) is 2.74. The minimum Gasteiger partial charge on any atom is -0.392 e. The topological polar surface area (TPSA) is 97.3 Å². The number of hydrogen-bond acceptors (Lipinski definition) is 6. The highest BCUT2D eigenvalue weighted by Gasteiger charge is 2.40. The van der Waals surface area contributed by atoms with Crippen LogP contribution in [-0.2, 0) is 24.0 Å². The summed E-state index contributed by atoms with van der Waals surface area (Å²) < 4.78 is 5.41. The van der Waals surface area contributed by atoms with Crippen molar-refractivity contribution in [3.05, 3.63) is 23.3 Å². The first-order chi connectivity index (χ1) is 13.9. The van der Waals surface area contributed by atoms with Gasteiger partial charge in [-0.3, -0.25) is 14.4 Å². The molecule has 0 saturated carbocycles. The maximum Gasteiger partial charge on any atom is 0.243 e. The van der Waals surface area contributed by atoms with E-state index in [1.54, 1.807) is 18.9 Å². The number of carbonyl (C=O) groups excluding carboxylic acids is 3. The number of carbonyl (C=O) groups is 3. The van der Waals surface area contributed by atoms with Crippen molar-refractivity contribution in [1.29, 1.82) is 0 Å². The second-order valence-electron chi connectivity index (χ2n) is 7.91. The van der Waals surface area contributed by atoms with Gasteiger partial charge in [-0.15, -0.1) is 0 Å². The van der Waals surface area contributed by atoms with Crippen molar-refractivity contribution in [3.8, 4) is 0 Å². The van der Waals surface area contributed by atoms with Gasteiger partial charge in [0.05, 0.1) is 18.2 Å². The fourth-order valence-corrected chi connectivity index (χ4v) is 3.92. The Morgan fingerprint density at radius 2 is 2.10 bits per heavy atom. The molecule has 158 valence electrons. The lowest BCUT2D eigenvalue weighted by Crippen LogP contribution is -2.47. The van der Waals surface area contributed by atoms with Gasteiger partial charge in [0.2, 0.25) is 11.8 Å². The first-order valence-electron chi connectivity index (χ1n) is 10.1. The van der Waals surface area contributed by atoms with Gasteiger partial charge in [0.15, 0.2) is 5.78 Å². The average molecular weight is 403 g/mol. The second kappa shape index (κ2) is 9.35. The Morgan fingerprint density at radius 1 is 1.31 bits per heavy atom. The Balaban J connectivity index is 1.57. The third kappa shape index (κ3) is 5.32. The van der Waals surface area contributed by atoms with Crippen LogP contribution in [0.2, 0.25) is 0 Å². The summed E-state index contributed by atoms with van der Waals surface area (Å²) in [6, 6.07) is -0.552. The summed E-state index contributed by atoms with van der Waals surface area (Å²) in [5.74, 6) is -0.215. The quantitative estimate of drug-likeness (QED) is 0.695. The predicted octanol–water partition coefficient (Wildman–Crippen LogP) is 1.51. The Hall–Kier alpha value is -2.48. The van der Waals surface area contributed by atoms with Crippen molar-refractivity contribution in [1.82, 2.24) is 10.2 Å². The van der Waals surface area contributed by atoms with E-state index >= 15 is 0 Å². The van der Waals surface area contributed by atoms with Gasteiger partial charge in [0.25, 0.3) is 0 Å². The lowest BCUT2D eigenvalue weighted by molar-refractivity contribution is -0.140. The first kappa shape index (κ1) is 21.2. The number of ketones is 1. The van der Waals surface area contributed by atoms with E-state index in [1.807, 2.05) is 19.1 Å². The van der Waals surface area contributed by atoms with Crippen LogP contribution in [0.4, 0.5) is 0 Å². The number of hydrogen-bond donors (Lipinski definition) is 1. The molecule has 3 unspecified atom stereocenters. The molecule has 0 spiro atoms. The number of rotatable bonds is 7. The average Bonchev–Trinajstić information content (AvgIpc) is 3.32. The monoisotopic (exact) mass is 403 g/mol. The van der Waals surface area contributed by atoms with Crippen LogP contribution in [-0.4, -0.2) is 66.7 Å². The molecule has 3 aliphatic rings. The summed E-state index contributed by atoms with van der Waals surface area (Å²) in [6.07, 6.45) is 6.05. The van der Waals surface area contributed by atoms with Crippen LogP contribution in [0, 0.1) is 0 Å². The normalized spacial score (nSPS) is 26.4. The standard InChI is InChI=1S/C21H29N3O5/c1-13-8-17(29-23-13)10-20(26)24-12-18(28-3)9-19(24)21(27)22-11-15-4-6-16(7-5-15)14(2)25/h4,6,17-19H,5,7-12H2,1-3H3,(H,22,27). The van der Waals surface area contributed by atoms with Crippen LogP contribution in [0.25, 0.3) is 0 Å². The van der Waals surface area contributed by atoms with E-state index in [1.165, 1.54) is 0 Å². The van der Waals surface area contributed by atoms with Gasteiger partial charge in [-0.05, 0) is 32.3 Å². The molecular weight excluding hydrogens is 374 g/mol. The molecule has 2 amide bonds. The largest absolute Gasteiger partial charge is 0.392 e. The zero-order valence-electron chi connectivity index (χ0n) is 17.3. The molecule has 2 aliphatic heterocycles. The Kier molecular flexibility index (Phi) is 6.84. The van der Waals surface area contributed by atoms with Crippen LogP contribution in [0.5, 0.6) is 0 Å². The zero-order valence-corrected chi connectivity index (χ0v) is 17.3. The van der Waals surface area contributed by atoms with E-state index in [9.17, 15) is 14.4 Å². The lowest BCUT2D eigenvalue weighted by Gasteiger charge is -2.25. The number of ether oxygens (including phenoxy) is 1. The van der Waals surface area contributed by atoms with Crippen LogP contribution in [0.1, 0.15) is 46.0 Å². The maximum absolute atomic E-state index is 12.8. The molecule has 3 atom stereocenters. The number of likely N-dealkylation sites (tertiary alicyclic amines) is 1. The van der Waals surface area contributed by atoms with Gasteiger partial charge in [0.1, 0.15) is 12.1 Å². The SMILES string of the molecule is COC1CC(C(=O)NCC2=CC=C(C(C)=O)CC2)N(C(=O)CC2CC(C)=NO2)C1. The van der Waals surface area contributed by atoms with E-state index in [2.05, 4.69) is 10.5 Å². The number of oxime groups is 1. The molecule has 3 rings (SSSR count). The molecule has 1 saturated heterocycles. The fraction of sp³-hybridized carbons (Fsp3) is 0.619. The first-order valence-corrected chi connectivity index (χ1v) is 10.1. The summed E-state index contributed by atoms with van der Waals surface area (Å²) >= 11 is 0. The molecule has 0 bridgehead atoms. The van der Waals surface area contributed by atoms with Crippen molar-refractivity contribution < 1.29 is 24.0 Å². The fourth-order valence-electron chi connectivity index (χ4n) is 3.92. The lowest BCUT2D eigenvalue weighted by atomic mass is 9.96. The summed E-state index contributed by atoms with van der Waals surface area (Å²) in [7, 11) is 1.59. The van der Waals surface area contributed by atoms with Gasteiger partial charge in [-0.25, -0.2) is 0 Å². The number of allylic oxidation sites excluding steroid dienone is 3. The van der Waals surface area contributed by atoms with Crippen molar-refractivity contribution in [2.45, 2.75) is 64.2 Å². The van der Waals surface area contributed by atoms with Gasteiger partial charge in [0, 0.05) is 33.0 Å². The third-order valence-electron chi connectivity index (χ3n) is 5.68. The Labute approximate surface area is 171 Å². The molecule has 0 aromatic carbocycles. The molecule has 0 aromatic rings. The van der Waals surface area contributed by atoms with E-state index < -0.39 is 6.04 Å². The third-order valence-corrected chi connectivity index (χ3v) is 5.68. The van der Waals surface area contributed by atoms with Crippen molar-refractivity contribution >= 4 is 23.3 Å². The van der Waals surface area contributed by atoms with Crippen molar-refractivity contribution in [2.75, 3.05) is 20.2 Å². The Bertz CT molecular complexity index is 770. The van der Waals surface area contributed by atoms with E-state index in [4.69, 9.17) is 9.57 Å². The molecule has 0 aromatic heterocycles. The van der Waals surface area contributed by atoms with E-state index in [0.717, 1.165) is 23.3 Å². The summed E-state index contributed by atoms with van der Waals surface area (Å²) in [4.78, 5) is 43.9. The molecule has 1 N–H and O–H groups in total. The summed E-state index contributed by atoms with van der Waals surface area (Å²) in [6.45, 7) is 4.24. The smallest absolute Gasteiger partial charge is 0.243 e. The second-order valence-corrected chi connectivity index (χ2v) is 7.91. The van der Waals surface area contributed by atoms with Crippen LogP contribution >= 0.6 is 0 Å². The maximum atomic E-state index is 12.8. The molecule has 2 heterocycles. The number of nitrogens with zero attached hydrogens (tertiary/aromatic N) is 2. The van der Waals surface area contributed by atoms with Gasteiger partial charge in [-0.1, -0.05) is 22.9 Å². The van der Waals surface area contributed by atoms with E-state index in [-0.39, 0.29) is 36.2 Å². The molecule has 29 heavy (non-hydrogen) atoms. The Morgan fingerprint density at radius 3 is 2.69 bits per heavy atom. The minimum absolute atomic E-state index is 0.0851. The molecular formula is C21H29N3O5. The molecule has 1 aliphatic carbocycles. The molecule has 8 nitrogen and oxygen atoms in total. The van der Waals surface area contributed by atoms with Gasteiger partial charge < -0.3 is 19.8 Å². The van der Waals surface area contributed by atoms with Crippen molar-refractivity contribution in [2.24, 2.45) is 5.16 Å². The zero-order chi connectivity index (χ0) is 21.0. The number of nitrogens with one attached hydrogen (secondary N) is 1. The minimum atomic E-state index is -0.552. The van der Waals surface area contributed by atoms with Gasteiger partial charge >= 0.3 is 0 Å². The number of amides is 2. The van der Waals surface area contributed by atoms with E-state index in [0.29, 0.717) is 32.4 Å². The predicted molar refractivity (Wildman–Crippen MR) is 107 cm³/mol. The molecule has 1 fully saturated rings. The van der Waals surface area contributed by atoms with Crippen LogP contribution < -0.4 is 5.32 Å². The molecule has 8 heteroatoms. The van der Waals surface area contributed by atoms with Gasteiger partial charge in [-0.2, -0.15) is 0 Å². The highest BCUT2D eigenvalue weighted by molar-refractivity contribution is 5.94. The highest BCUT2D eigenvalue weighted by atomic mass is 16.6.